The lowest BCUT2D eigenvalue weighted by atomic mass is 10.0. The van der Waals surface area contributed by atoms with E-state index in [1.165, 1.54) is 28.1 Å². The summed E-state index contributed by atoms with van der Waals surface area (Å²) < 4.78 is 26.6. The highest BCUT2D eigenvalue weighted by atomic mass is 19.1. The summed E-state index contributed by atoms with van der Waals surface area (Å²) in [6, 6.07) is 15.8. The number of likely N-dealkylation sites (tertiary alicyclic amines) is 1. The molecule has 3 saturated heterocycles. The molecule has 2 unspecified atom stereocenters. The number of piperidine rings is 1. The number of anilines is 3. The summed E-state index contributed by atoms with van der Waals surface area (Å²) in [5, 5.41) is 23.8. The van der Waals surface area contributed by atoms with Crippen LogP contribution in [-0.2, 0) is 9.53 Å². The Hall–Kier alpha value is -5.08. The van der Waals surface area contributed by atoms with Gasteiger partial charge in [0.2, 0.25) is 5.95 Å². The van der Waals surface area contributed by atoms with Crippen LogP contribution in [0.25, 0.3) is 11.4 Å². The Balaban J connectivity index is 0.948. The SMILES string of the molecule is N#Cc1cc(-c2ncnc(Nc3ccc(N4CCN(C5COC5)CC4)cc3)n2)ccc1OC1CCN(C(=O)C2=CN(CCO)NN2)CC1F. The Morgan fingerprint density at radius 3 is 2.65 bits per heavy atom. The van der Waals surface area contributed by atoms with Crippen molar-refractivity contribution in [1.29, 1.82) is 5.26 Å². The molecule has 16 heteroatoms. The Labute approximate surface area is 282 Å². The first-order chi connectivity index (χ1) is 24.0. The van der Waals surface area contributed by atoms with Crippen molar-refractivity contribution < 1.29 is 23.8 Å². The van der Waals surface area contributed by atoms with Gasteiger partial charge in [-0.1, -0.05) is 0 Å². The van der Waals surface area contributed by atoms with Crippen molar-refractivity contribution >= 4 is 23.2 Å². The predicted molar refractivity (Wildman–Crippen MR) is 177 cm³/mol. The van der Waals surface area contributed by atoms with E-state index in [1.54, 1.807) is 18.2 Å². The van der Waals surface area contributed by atoms with Crippen molar-refractivity contribution in [3.8, 4) is 23.2 Å². The van der Waals surface area contributed by atoms with Gasteiger partial charge in [-0.15, -0.1) is 5.53 Å². The number of aliphatic hydroxyl groups excluding tert-OH is 1. The molecule has 0 radical (unpaired) electrons. The average Bonchev–Trinajstić information content (AvgIpc) is 3.58. The Morgan fingerprint density at radius 1 is 1.12 bits per heavy atom. The van der Waals surface area contributed by atoms with Gasteiger partial charge in [0, 0.05) is 62.3 Å². The van der Waals surface area contributed by atoms with Crippen LogP contribution in [-0.4, -0.2) is 125 Å². The zero-order valence-electron chi connectivity index (χ0n) is 26.8. The molecule has 0 aliphatic carbocycles. The number of amides is 1. The van der Waals surface area contributed by atoms with E-state index in [9.17, 15) is 10.1 Å². The van der Waals surface area contributed by atoms with Crippen molar-refractivity contribution in [1.82, 2.24) is 40.7 Å². The summed E-state index contributed by atoms with van der Waals surface area (Å²) in [5.74, 6) is 0.608. The number of rotatable bonds is 10. The zero-order chi connectivity index (χ0) is 33.7. The number of aliphatic hydroxyl groups is 1. The first kappa shape index (κ1) is 32.5. The maximum Gasteiger partial charge on any atom is 0.273 e. The molecule has 4 N–H and O–H groups in total. The molecule has 5 heterocycles. The molecule has 256 valence electrons. The second-order valence-corrected chi connectivity index (χ2v) is 12.3. The Morgan fingerprint density at radius 2 is 1.94 bits per heavy atom. The van der Waals surface area contributed by atoms with E-state index in [0.717, 1.165) is 45.1 Å². The first-order valence-corrected chi connectivity index (χ1v) is 16.4. The van der Waals surface area contributed by atoms with Gasteiger partial charge < -0.3 is 29.7 Å². The van der Waals surface area contributed by atoms with Gasteiger partial charge in [-0.25, -0.2) is 14.4 Å². The van der Waals surface area contributed by atoms with Crippen LogP contribution in [0.15, 0.2) is 60.7 Å². The minimum Gasteiger partial charge on any atom is -0.486 e. The van der Waals surface area contributed by atoms with Gasteiger partial charge in [0.1, 0.15) is 29.9 Å². The quantitative estimate of drug-likeness (QED) is 0.242. The maximum atomic E-state index is 15.3. The summed E-state index contributed by atoms with van der Waals surface area (Å²) >= 11 is 0. The highest BCUT2D eigenvalue weighted by molar-refractivity contribution is 5.93. The minimum atomic E-state index is -1.46. The van der Waals surface area contributed by atoms with Crippen LogP contribution in [0.4, 0.5) is 21.7 Å². The second kappa shape index (κ2) is 14.6. The number of ether oxygens (including phenoxy) is 2. The van der Waals surface area contributed by atoms with Crippen LogP contribution in [0.2, 0.25) is 0 Å². The lowest BCUT2D eigenvalue weighted by Crippen LogP contribution is -2.56. The minimum absolute atomic E-state index is 0.0905. The number of carbonyl (C=O) groups excluding carboxylic acids is 1. The summed E-state index contributed by atoms with van der Waals surface area (Å²) in [6.45, 7) is 6.02. The molecule has 4 aliphatic rings. The molecule has 2 aromatic carbocycles. The second-order valence-electron chi connectivity index (χ2n) is 12.3. The highest BCUT2D eigenvalue weighted by Gasteiger charge is 2.35. The van der Waals surface area contributed by atoms with Crippen LogP contribution in [0.5, 0.6) is 5.75 Å². The van der Waals surface area contributed by atoms with Crippen LogP contribution < -0.4 is 25.9 Å². The van der Waals surface area contributed by atoms with Gasteiger partial charge in [0.25, 0.3) is 5.91 Å². The van der Waals surface area contributed by atoms with E-state index >= 15 is 4.39 Å². The molecule has 7 rings (SSSR count). The average molecular weight is 672 g/mol. The van der Waals surface area contributed by atoms with E-state index in [-0.39, 0.29) is 49.0 Å². The summed E-state index contributed by atoms with van der Waals surface area (Å²) in [6.07, 6.45) is 0.895. The number of hydrazine groups is 2. The molecule has 2 atom stereocenters. The largest absolute Gasteiger partial charge is 0.486 e. The number of alkyl halides is 1. The number of benzene rings is 2. The number of nitriles is 1. The summed E-state index contributed by atoms with van der Waals surface area (Å²) in [4.78, 5) is 32.3. The molecule has 4 aliphatic heterocycles. The fraction of sp³-hybridized carbons (Fsp3) is 0.424. The van der Waals surface area contributed by atoms with Crippen molar-refractivity contribution in [3.63, 3.8) is 0 Å². The number of hydrogen-bond acceptors (Lipinski definition) is 14. The molecular weight excluding hydrogens is 633 g/mol. The van der Waals surface area contributed by atoms with E-state index in [2.05, 4.69) is 59.2 Å². The number of nitrogens with zero attached hydrogens (tertiary/aromatic N) is 8. The van der Waals surface area contributed by atoms with Crippen molar-refractivity contribution in [3.05, 3.63) is 66.3 Å². The third kappa shape index (κ3) is 7.34. The molecule has 0 spiro atoms. The molecule has 0 saturated carbocycles. The molecule has 3 fully saturated rings. The molecule has 0 bridgehead atoms. The monoisotopic (exact) mass is 671 g/mol. The summed E-state index contributed by atoms with van der Waals surface area (Å²) in [7, 11) is 0. The van der Waals surface area contributed by atoms with Crippen LogP contribution in [0.3, 0.4) is 0 Å². The van der Waals surface area contributed by atoms with Gasteiger partial charge in [-0.3, -0.25) is 20.1 Å². The van der Waals surface area contributed by atoms with Gasteiger partial charge in [0.15, 0.2) is 12.0 Å². The normalized spacial score (nSPS) is 21.4. The molecule has 49 heavy (non-hydrogen) atoms. The van der Waals surface area contributed by atoms with Crippen molar-refractivity contribution in [2.75, 3.05) is 75.9 Å². The third-order valence-corrected chi connectivity index (χ3v) is 9.11. The smallest absolute Gasteiger partial charge is 0.273 e. The number of halogens is 1. The van der Waals surface area contributed by atoms with E-state index in [0.29, 0.717) is 29.9 Å². The van der Waals surface area contributed by atoms with Crippen LogP contribution >= 0.6 is 0 Å². The fourth-order valence-corrected chi connectivity index (χ4v) is 6.24. The van der Waals surface area contributed by atoms with E-state index in [4.69, 9.17) is 14.6 Å². The maximum absolute atomic E-state index is 15.3. The highest BCUT2D eigenvalue weighted by Crippen LogP contribution is 2.29. The number of nitrogens with one attached hydrogen (secondary N) is 3. The standard InChI is InChI=1S/C33H38FN11O4/c34-27-17-44(32(47)28-18-45(13-14-46)41-40-28)8-7-30(27)49-29-6-1-22(15-23(29)16-35)31-36-21-37-33(39-31)38-24-2-4-25(5-3-24)42-9-11-43(12-10-42)26-19-48-20-26/h1-6,15,18,21,26-27,30,40-41,46H,7-14,17,19-20H2,(H,36,37,38,39). The molecule has 1 amide bonds. The van der Waals surface area contributed by atoms with Gasteiger partial charge in [0.05, 0.1) is 44.5 Å². The molecule has 1 aromatic heterocycles. The van der Waals surface area contributed by atoms with E-state index < -0.39 is 12.3 Å². The molecule has 15 nitrogen and oxygen atoms in total. The van der Waals surface area contributed by atoms with Gasteiger partial charge >= 0.3 is 0 Å². The number of hydrogen-bond donors (Lipinski definition) is 4. The summed E-state index contributed by atoms with van der Waals surface area (Å²) in [5.41, 5.74) is 8.55. The van der Waals surface area contributed by atoms with Gasteiger partial charge in [-0.2, -0.15) is 10.2 Å². The Bertz CT molecular complexity index is 1710. The van der Waals surface area contributed by atoms with Crippen LogP contribution in [0.1, 0.15) is 12.0 Å². The first-order valence-electron chi connectivity index (χ1n) is 16.4. The third-order valence-electron chi connectivity index (χ3n) is 9.11. The number of aromatic nitrogens is 3. The molecule has 3 aromatic rings. The lowest BCUT2D eigenvalue weighted by molar-refractivity contribution is -0.131. The van der Waals surface area contributed by atoms with Crippen molar-refractivity contribution in [2.45, 2.75) is 24.7 Å². The lowest BCUT2D eigenvalue weighted by Gasteiger charge is -2.43. The number of β-amino-alcohol motifs (C(OH)–C–C–N with tert-alkyl or cyclic N) is 1. The molecular formula is C33H38FN11O4. The Kier molecular flexibility index (Phi) is 9.66. The van der Waals surface area contributed by atoms with Gasteiger partial charge in [-0.05, 0) is 42.5 Å². The predicted octanol–water partition coefficient (Wildman–Crippen LogP) is 1.15. The van der Waals surface area contributed by atoms with E-state index in [1.807, 2.05) is 12.1 Å². The van der Waals surface area contributed by atoms with Crippen LogP contribution in [0, 0.1) is 11.3 Å². The fourth-order valence-electron chi connectivity index (χ4n) is 6.24. The number of piperazine rings is 1. The topological polar surface area (TPSA) is 167 Å². The van der Waals surface area contributed by atoms with Crippen molar-refractivity contribution in [2.24, 2.45) is 0 Å². The zero-order valence-corrected chi connectivity index (χ0v) is 26.8. The number of carbonyl (C=O) groups is 1.